The third-order valence-electron chi connectivity index (χ3n) is 4.56. The van der Waals surface area contributed by atoms with Crippen LogP contribution in [0.3, 0.4) is 0 Å². The molecule has 5 nitrogen and oxygen atoms in total. The molecule has 3 rings (SSSR count). The molecule has 0 aliphatic rings. The van der Waals surface area contributed by atoms with Gasteiger partial charge < -0.3 is 5.32 Å². The van der Waals surface area contributed by atoms with E-state index in [0.717, 1.165) is 12.0 Å². The number of amides is 1. The van der Waals surface area contributed by atoms with Crippen LogP contribution in [0.4, 0.5) is 0 Å². The number of nitrogens with one attached hydrogen (secondary N) is 1. The molecular weight excluding hydrogens is 338 g/mol. The highest BCUT2D eigenvalue weighted by molar-refractivity contribution is 5.77. The molecule has 1 atom stereocenters. The van der Waals surface area contributed by atoms with Crippen molar-refractivity contribution in [1.29, 1.82) is 0 Å². The first-order valence-electron chi connectivity index (χ1n) is 9.33. The number of fused-ring (bicyclic) bond motifs is 1. The first-order valence-corrected chi connectivity index (χ1v) is 9.33. The minimum Gasteiger partial charge on any atom is -0.349 e. The summed E-state index contributed by atoms with van der Waals surface area (Å²) in [5.41, 5.74) is 1.66. The van der Waals surface area contributed by atoms with E-state index in [4.69, 9.17) is 0 Å². The zero-order chi connectivity index (χ0) is 19.2. The fraction of sp³-hybridized carbons (Fsp3) is 0.318. The second kappa shape index (κ2) is 8.62. The minimum absolute atomic E-state index is 0.0230. The molecule has 0 bridgehead atoms. The smallest absolute Gasteiger partial charge is 0.261 e. The van der Waals surface area contributed by atoms with Gasteiger partial charge in [0, 0.05) is 13.0 Å². The van der Waals surface area contributed by atoms with Crippen molar-refractivity contribution in [2.45, 2.75) is 39.3 Å². The number of para-hydroxylation sites is 1. The van der Waals surface area contributed by atoms with E-state index in [1.807, 2.05) is 48.5 Å². The van der Waals surface area contributed by atoms with Gasteiger partial charge in [0.1, 0.15) is 0 Å². The normalized spacial score (nSPS) is 12.3. The summed E-state index contributed by atoms with van der Waals surface area (Å²) in [5.74, 6) is 0.396. The lowest BCUT2D eigenvalue weighted by Gasteiger charge is -2.21. The molecular formula is C22H25N3O2. The number of nitrogens with zero attached hydrogens (tertiary/aromatic N) is 2. The summed E-state index contributed by atoms with van der Waals surface area (Å²) in [7, 11) is 0. The molecule has 0 aliphatic heterocycles. The molecule has 1 unspecified atom stereocenters. The highest BCUT2D eigenvalue weighted by atomic mass is 16.2. The highest BCUT2D eigenvalue weighted by Gasteiger charge is 2.16. The van der Waals surface area contributed by atoms with Gasteiger partial charge in [-0.05, 0) is 30.0 Å². The van der Waals surface area contributed by atoms with Crippen molar-refractivity contribution in [3.63, 3.8) is 0 Å². The maximum absolute atomic E-state index is 12.5. The molecule has 1 N–H and O–H groups in total. The topological polar surface area (TPSA) is 64.0 Å². The Morgan fingerprint density at radius 1 is 1.07 bits per heavy atom. The van der Waals surface area contributed by atoms with E-state index in [0.29, 0.717) is 23.4 Å². The summed E-state index contributed by atoms with van der Waals surface area (Å²) in [6.07, 6.45) is 2.62. The summed E-state index contributed by atoms with van der Waals surface area (Å²) < 4.78 is 1.50. The van der Waals surface area contributed by atoms with Gasteiger partial charge in [0.15, 0.2) is 0 Å². The van der Waals surface area contributed by atoms with E-state index >= 15 is 0 Å². The van der Waals surface area contributed by atoms with Crippen molar-refractivity contribution in [3.8, 4) is 0 Å². The van der Waals surface area contributed by atoms with Crippen LogP contribution in [-0.4, -0.2) is 15.5 Å². The number of hydrogen-bond donors (Lipinski definition) is 1. The zero-order valence-corrected chi connectivity index (χ0v) is 15.8. The predicted molar refractivity (Wildman–Crippen MR) is 107 cm³/mol. The molecule has 0 spiro atoms. The maximum Gasteiger partial charge on any atom is 0.261 e. The molecule has 2 aromatic carbocycles. The SMILES string of the molecule is CC(C)CC(NC(=O)CCn1cnc2ccccc2c1=O)c1ccccc1. The molecule has 27 heavy (non-hydrogen) atoms. The first kappa shape index (κ1) is 18.8. The van der Waals surface area contributed by atoms with Gasteiger partial charge in [-0.3, -0.25) is 14.2 Å². The van der Waals surface area contributed by atoms with Crippen LogP contribution in [-0.2, 0) is 11.3 Å². The predicted octanol–water partition coefficient (Wildman–Crippen LogP) is 3.69. The van der Waals surface area contributed by atoms with Gasteiger partial charge in [0.05, 0.1) is 23.3 Å². The molecule has 0 saturated carbocycles. The number of carbonyl (C=O) groups excluding carboxylic acids is 1. The Kier molecular flexibility index (Phi) is 6.01. The van der Waals surface area contributed by atoms with E-state index in [2.05, 4.69) is 24.1 Å². The fourth-order valence-corrected chi connectivity index (χ4v) is 3.19. The number of aryl methyl sites for hydroxylation is 1. The highest BCUT2D eigenvalue weighted by Crippen LogP contribution is 2.21. The van der Waals surface area contributed by atoms with Crippen LogP contribution in [0.2, 0.25) is 0 Å². The zero-order valence-electron chi connectivity index (χ0n) is 15.8. The van der Waals surface area contributed by atoms with Gasteiger partial charge in [0.25, 0.3) is 5.56 Å². The van der Waals surface area contributed by atoms with E-state index in [9.17, 15) is 9.59 Å². The van der Waals surface area contributed by atoms with Gasteiger partial charge in [-0.1, -0.05) is 56.3 Å². The van der Waals surface area contributed by atoms with Crippen molar-refractivity contribution >= 4 is 16.8 Å². The number of aromatic nitrogens is 2. The molecule has 1 aromatic heterocycles. The lowest BCUT2D eigenvalue weighted by molar-refractivity contribution is -0.122. The second-order valence-electron chi connectivity index (χ2n) is 7.17. The molecule has 0 radical (unpaired) electrons. The van der Waals surface area contributed by atoms with E-state index < -0.39 is 0 Å². The van der Waals surface area contributed by atoms with Crippen molar-refractivity contribution in [2.24, 2.45) is 5.92 Å². The van der Waals surface area contributed by atoms with Crippen LogP contribution in [0.5, 0.6) is 0 Å². The summed E-state index contributed by atoms with van der Waals surface area (Å²) >= 11 is 0. The lowest BCUT2D eigenvalue weighted by atomic mass is 9.97. The molecule has 1 amide bonds. The average Bonchev–Trinajstić information content (AvgIpc) is 2.67. The van der Waals surface area contributed by atoms with Gasteiger partial charge in [0.2, 0.25) is 5.91 Å². The summed E-state index contributed by atoms with van der Waals surface area (Å²) in [6, 6.07) is 17.2. The van der Waals surface area contributed by atoms with Crippen LogP contribution in [0, 0.1) is 5.92 Å². The average molecular weight is 363 g/mol. The molecule has 0 fully saturated rings. The molecule has 3 aromatic rings. The summed E-state index contributed by atoms with van der Waals surface area (Å²) in [6.45, 7) is 4.59. The maximum atomic E-state index is 12.5. The Balaban J connectivity index is 1.68. The van der Waals surface area contributed by atoms with Crippen LogP contribution in [0.1, 0.15) is 38.3 Å². The van der Waals surface area contributed by atoms with E-state index in [1.54, 1.807) is 6.07 Å². The van der Waals surface area contributed by atoms with Crippen molar-refractivity contribution in [3.05, 3.63) is 76.8 Å². The minimum atomic E-state index is -0.116. The lowest BCUT2D eigenvalue weighted by Crippen LogP contribution is -2.31. The van der Waals surface area contributed by atoms with Crippen molar-refractivity contribution in [1.82, 2.24) is 14.9 Å². The standard InChI is InChI=1S/C22H25N3O2/c1-16(2)14-20(17-8-4-3-5-9-17)24-21(26)12-13-25-15-23-19-11-7-6-10-18(19)22(25)27/h3-11,15-16,20H,12-14H2,1-2H3,(H,24,26). The van der Waals surface area contributed by atoms with Gasteiger partial charge >= 0.3 is 0 Å². The van der Waals surface area contributed by atoms with Gasteiger partial charge in [-0.2, -0.15) is 0 Å². The van der Waals surface area contributed by atoms with E-state index in [-0.39, 0.29) is 23.9 Å². The van der Waals surface area contributed by atoms with Gasteiger partial charge in [-0.25, -0.2) is 4.98 Å². The number of hydrogen-bond acceptors (Lipinski definition) is 3. The van der Waals surface area contributed by atoms with Crippen LogP contribution < -0.4 is 10.9 Å². The quantitative estimate of drug-likeness (QED) is 0.696. The Morgan fingerprint density at radius 2 is 1.78 bits per heavy atom. The van der Waals surface area contributed by atoms with Crippen LogP contribution >= 0.6 is 0 Å². The Labute approximate surface area is 159 Å². The largest absolute Gasteiger partial charge is 0.349 e. The molecule has 140 valence electrons. The Bertz CT molecular complexity index is 964. The van der Waals surface area contributed by atoms with Crippen molar-refractivity contribution in [2.75, 3.05) is 0 Å². The number of rotatable bonds is 7. The Hall–Kier alpha value is -2.95. The van der Waals surface area contributed by atoms with Gasteiger partial charge in [-0.15, -0.1) is 0 Å². The number of benzene rings is 2. The third-order valence-corrected chi connectivity index (χ3v) is 4.56. The second-order valence-corrected chi connectivity index (χ2v) is 7.17. The van der Waals surface area contributed by atoms with E-state index in [1.165, 1.54) is 10.9 Å². The molecule has 1 heterocycles. The van der Waals surface area contributed by atoms with Crippen molar-refractivity contribution < 1.29 is 4.79 Å². The first-order chi connectivity index (χ1) is 13.0. The summed E-state index contributed by atoms with van der Waals surface area (Å²) in [4.78, 5) is 29.3. The Morgan fingerprint density at radius 3 is 2.52 bits per heavy atom. The van der Waals surface area contributed by atoms with Crippen LogP contribution in [0.15, 0.2) is 65.7 Å². The summed E-state index contributed by atoms with van der Waals surface area (Å²) in [5, 5.41) is 3.69. The van der Waals surface area contributed by atoms with Crippen LogP contribution in [0.25, 0.3) is 10.9 Å². The molecule has 5 heteroatoms. The third kappa shape index (κ3) is 4.82. The fourth-order valence-electron chi connectivity index (χ4n) is 3.19. The monoisotopic (exact) mass is 363 g/mol. The molecule has 0 saturated heterocycles. The number of carbonyl (C=O) groups is 1. The molecule has 0 aliphatic carbocycles.